The van der Waals surface area contributed by atoms with Crippen molar-refractivity contribution in [2.45, 2.75) is 26.8 Å². The number of hydrogen-bond acceptors (Lipinski definition) is 2. The molecule has 4 heteroatoms. The molecule has 2 aromatic rings. The van der Waals surface area contributed by atoms with Gasteiger partial charge in [-0.1, -0.05) is 43.6 Å². The Labute approximate surface area is 118 Å². The second-order valence-electron chi connectivity index (χ2n) is 5.01. The maximum absolute atomic E-state index is 12.1. The van der Waals surface area contributed by atoms with Gasteiger partial charge in [0.15, 0.2) is 0 Å². The third kappa shape index (κ3) is 3.04. The summed E-state index contributed by atoms with van der Waals surface area (Å²) in [6.45, 7) is 6.10. The molecule has 3 nitrogen and oxygen atoms in total. The van der Waals surface area contributed by atoms with Gasteiger partial charge in [-0.15, -0.1) is 0 Å². The Bertz CT molecular complexity index is 610. The lowest BCUT2D eigenvalue weighted by atomic mass is 10.1. The number of carbonyl (C=O) groups is 1. The maximum Gasteiger partial charge on any atom is 0.270 e. The highest BCUT2D eigenvalue weighted by Gasteiger charge is 2.15. The average Bonchev–Trinajstić information content (AvgIpc) is 2.38. The van der Waals surface area contributed by atoms with Crippen LogP contribution in [0, 0.1) is 5.92 Å². The zero-order valence-electron chi connectivity index (χ0n) is 11.3. The van der Waals surface area contributed by atoms with E-state index in [1.54, 1.807) is 6.07 Å². The topological polar surface area (TPSA) is 42.0 Å². The summed E-state index contributed by atoms with van der Waals surface area (Å²) in [6.07, 6.45) is 0. The predicted molar refractivity (Wildman–Crippen MR) is 78.5 cm³/mol. The molecule has 19 heavy (non-hydrogen) atoms. The number of pyridine rings is 1. The van der Waals surface area contributed by atoms with Crippen LogP contribution in [0.3, 0.4) is 0 Å². The molecule has 0 radical (unpaired) electrons. The Morgan fingerprint density at radius 1 is 1.26 bits per heavy atom. The Hall–Kier alpha value is -1.61. The first-order valence-corrected chi connectivity index (χ1v) is 6.73. The van der Waals surface area contributed by atoms with Crippen molar-refractivity contribution in [3.05, 3.63) is 41.0 Å². The third-order valence-electron chi connectivity index (χ3n) is 3.26. The van der Waals surface area contributed by atoms with Crippen LogP contribution in [0.15, 0.2) is 30.3 Å². The number of fused-ring (bicyclic) bond motifs is 1. The Morgan fingerprint density at radius 2 is 1.95 bits per heavy atom. The molecule has 0 aliphatic heterocycles. The van der Waals surface area contributed by atoms with Gasteiger partial charge in [0.2, 0.25) is 0 Å². The summed E-state index contributed by atoms with van der Waals surface area (Å²) >= 11 is 6.19. The van der Waals surface area contributed by atoms with Gasteiger partial charge in [0, 0.05) is 11.4 Å². The van der Waals surface area contributed by atoms with E-state index in [-0.39, 0.29) is 11.9 Å². The van der Waals surface area contributed by atoms with Crippen LogP contribution in [-0.4, -0.2) is 16.9 Å². The van der Waals surface area contributed by atoms with Crippen molar-refractivity contribution in [3.8, 4) is 0 Å². The zero-order valence-corrected chi connectivity index (χ0v) is 12.0. The van der Waals surface area contributed by atoms with Crippen LogP contribution in [0.4, 0.5) is 0 Å². The maximum atomic E-state index is 12.1. The van der Waals surface area contributed by atoms with Crippen LogP contribution in [0.1, 0.15) is 31.3 Å². The number of aromatic nitrogens is 1. The predicted octanol–water partition coefficient (Wildman–Crippen LogP) is 3.66. The molecule has 1 aromatic heterocycles. The smallest absolute Gasteiger partial charge is 0.270 e. The fraction of sp³-hybridized carbons (Fsp3) is 0.333. The monoisotopic (exact) mass is 276 g/mol. The number of nitrogens with zero attached hydrogens (tertiary/aromatic N) is 1. The van der Waals surface area contributed by atoms with Gasteiger partial charge in [0.1, 0.15) is 5.69 Å². The molecule has 1 amide bonds. The van der Waals surface area contributed by atoms with Crippen molar-refractivity contribution in [2.24, 2.45) is 5.92 Å². The van der Waals surface area contributed by atoms with Crippen molar-refractivity contribution in [3.63, 3.8) is 0 Å². The Morgan fingerprint density at radius 3 is 2.63 bits per heavy atom. The highest BCUT2D eigenvalue weighted by Crippen LogP contribution is 2.22. The minimum Gasteiger partial charge on any atom is -0.348 e. The molecular weight excluding hydrogens is 260 g/mol. The van der Waals surface area contributed by atoms with Crippen molar-refractivity contribution < 1.29 is 4.79 Å². The lowest BCUT2D eigenvalue weighted by molar-refractivity contribution is 0.0926. The van der Waals surface area contributed by atoms with E-state index in [1.165, 1.54) is 0 Å². The summed E-state index contributed by atoms with van der Waals surface area (Å²) in [6, 6.07) is 9.24. The van der Waals surface area contributed by atoms with Crippen LogP contribution in [-0.2, 0) is 0 Å². The van der Waals surface area contributed by atoms with E-state index < -0.39 is 0 Å². The largest absolute Gasteiger partial charge is 0.348 e. The van der Waals surface area contributed by atoms with E-state index in [0.29, 0.717) is 16.6 Å². The van der Waals surface area contributed by atoms with Gasteiger partial charge in [0.25, 0.3) is 5.91 Å². The molecule has 1 atom stereocenters. The van der Waals surface area contributed by atoms with E-state index in [2.05, 4.69) is 24.1 Å². The van der Waals surface area contributed by atoms with Crippen LogP contribution in [0.5, 0.6) is 0 Å². The third-order valence-corrected chi connectivity index (χ3v) is 3.57. The molecule has 0 saturated carbocycles. The van der Waals surface area contributed by atoms with Gasteiger partial charge in [0.05, 0.1) is 10.5 Å². The molecule has 0 aliphatic carbocycles. The molecule has 100 valence electrons. The van der Waals surface area contributed by atoms with Gasteiger partial charge < -0.3 is 5.32 Å². The normalized spacial score (nSPS) is 12.7. The fourth-order valence-electron chi connectivity index (χ4n) is 1.70. The van der Waals surface area contributed by atoms with Crippen molar-refractivity contribution in [1.82, 2.24) is 10.3 Å². The van der Waals surface area contributed by atoms with Gasteiger partial charge in [-0.2, -0.15) is 0 Å². The van der Waals surface area contributed by atoms with E-state index in [0.717, 1.165) is 10.9 Å². The van der Waals surface area contributed by atoms with Crippen LogP contribution in [0.2, 0.25) is 5.02 Å². The van der Waals surface area contributed by atoms with Crippen LogP contribution in [0.25, 0.3) is 10.9 Å². The molecular formula is C15H17ClN2O. The summed E-state index contributed by atoms with van der Waals surface area (Å²) in [7, 11) is 0. The van der Waals surface area contributed by atoms with Gasteiger partial charge in [-0.05, 0) is 25.0 Å². The molecule has 0 fully saturated rings. The number of para-hydroxylation sites is 1. The standard InChI is InChI=1S/C15H17ClN2O/c1-9(2)10(3)17-15(19)14-8-12(16)11-6-4-5-7-13(11)18-14/h4-10H,1-3H3,(H,17,19)/t10-/m1/s1. The summed E-state index contributed by atoms with van der Waals surface area (Å²) in [5.74, 6) is 0.189. The first-order valence-electron chi connectivity index (χ1n) is 6.35. The molecule has 1 N–H and O–H groups in total. The molecule has 0 unspecified atom stereocenters. The lowest BCUT2D eigenvalue weighted by Crippen LogP contribution is -2.36. The minimum atomic E-state index is -0.186. The van der Waals surface area contributed by atoms with E-state index in [1.807, 2.05) is 31.2 Å². The van der Waals surface area contributed by atoms with Crippen molar-refractivity contribution in [1.29, 1.82) is 0 Å². The first-order chi connectivity index (χ1) is 8.99. The van der Waals surface area contributed by atoms with Gasteiger partial charge in [-0.3, -0.25) is 4.79 Å². The molecule has 0 saturated heterocycles. The van der Waals surface area contributed by atoms with E-state index in [9.17, 15) is 4.79 Å². The minimum absolute atomic E-state index is 0.0968. The summed E-state index contributed by atoms with van der Waals surface area (Å²) < 4.78 is 0. The van der Waals surface area contributed by atoms with Crippen molar-refractivity contribution in [2.75, 3.05) is 0 Å². The number of hydrogen-bond donors (Lipinski definition) is 1. The first kappa shape index (κ1) is 13.8. The molecule has 0 aliphatic rings. The highest BCUT2D eigenvalue weighted by molar-refractivity contribution is 6.35. The zero-order chi connectivity index (χ0) is 14.0. The number of benzene rings is 1. The van der Waals surface area contributed by atoms with Crippen molar-refractivity contribution >= 4 is 28.4 Å². The molecule has 1 aromatic carbocycles. The van der Waals surface area contributed by atoms with Gasteiger partial charge >= 0.3 is 0 Å². The average molecular weight is 277 g/mol. The molecule has 0 spiro atoms. The second kappa shape index (κ2) is 5.57. The van der Waals surface area contributed by atoms with Crippen LogP contribution >= 0.6 is 11.6 Å². The Kier molecular flexibility index (Phi) is 4.05. The number of halogens is 1. The lowest BCUT2D eigenvalue weighted by Gasteiger charge is -2.17. The number of amides is 1. The van der Waals surface area contributed by atoms with E-state index >= 15 is 0 Å². The quantitative estimate of drug-likeness (QED) is 0.929. The highest BCUT2D eigenvalue weighted by atomic mass is 35.5. The number of rotatable bonds is 3. The second-order valence-corrected chi connectivity index (χ2v) is 5.42. The summed E-state index contributed by atoms with van der Waals surface area (Å²) in [5.41, 5.74) is 1.09. The summed E-state index contributed by atoms with van der Waals surface area (Å²) in [4.78, 5) is 16.5. The SMILES string of the molecule is CC(C)[C@@H](C)NC(=O)c1cc(Cl)c2ccccc2n1. The van der Waals surface area contributed by atoms with Gasteiger partial charge in [-0.25, -0.2) is 4.98 Å². The Balaban J connectivity index is 2.33. The molecule has 1 heterocycles. The molecule has 2 rings (SSSR count). The fourth-order valence-corrected chi connectivity index (χ4v) is 1.96. The molecule has 0 bridgehead atoms. The van der Waals surface area contributed by atoms with E-state index in [4.69, 9.17) is 11.6 Å². The van der Waals surface area contributed by atoms with Crippen LogP contribution < -0.4 is 5.32 Å². The number of carbonyl (C=O) groups excluding carboxylic acids is 1. The number of nitrogens with one attached hydrogen (secondary N) is 1. The summed E-state index contributed by atoms with van der Waals surface area (Å²) in [5, 5.41) is 4.34.